The van der Waals surface area contributed by atoms with Crippen molar-refractivity contribution in [3.8, 4) is 5.75 Å². The Kier molecular flexibility index (Phi) is 7.67. The van der Waals surface area contributed by atoms with E-state index in [4.69, 9.17) is 9.47 Å². The fourth-order valence-electron chi connectivity index (χ4n) is 2.39. The molecule has 0 aromatic heterocycles. The minimum Gasteiger partial charge on any atom is -0.482 e. The molecule has 0 saturated heterocycles. The van der Waals surface area contributed by atoms with E-state index in [1.807, 2.05) is 12.1 Å². The van der Waals surface area contributed by atoms with Crippen LogP contribution in [0.25, 0.3) is 0 Å². The van der Waals surface area contributed by atoms with Crippen molar-refractivity contribution in [1.82, 2.24) is 0 Å². The number of unbranched alkanes of at least 4 members (excludes halogenated alkanes) is 1. The zero-order valence-electron chi connectivity index (χ0n) is 15.6. The number of aryl methyl sites for hydroxylation is 1. The molecule has 0 bridgehead atoms. The first kappa shape index (κ1) is 20.8. The molecule has 0 aliphatic rings. The fourth-order valence-corrected chi connectivity index (χ4v) is 3.45. The Morgan fingerprint density at radius 1 is 1.00 bits per heavy atom. The Labute approximate surface area is 160 Å². The van der Waals surface area contributed by atoms with Crippen LogP contribution in [0.3, 0.4) is 0 Å². The van der Waals surface area contributed by atoms with Crippen LogP contribution >= 0.6 is 0 Å². The number of benzene rings is 2. The Hall–Kier alpha value is -2.54. The Balaban J connectivity index is 1.98. The van der Waals surface area contributed by atoms with Gasteiger partial charge in [-0.3, -0.25) is 4.72 Å². The van der Waals surface area contributed by atoms with Crippen LogP contribution in [-0.4, -0.2) is 27.6 Å². The van der Waals surface area contributed by atoms with Gasteiger partial charge in [-0.25, -0.2) is 13.2 Å². The average molecular weight is 391 g/mol. The number of hydrogen-bond donors (Lipinski definition) is 1. The number of hydrogen-bond acceptors (Lipinski definition) is 5. The number of esters is 1. The van der Waals surface area contributed by atoms with Crippen LogP contribution < -0.4 is 9.46 Å². The van der Waals surface area contributed by atoms with Crippen molar-refractivity contribution in [2.45, 2.75) is 38.0 Å². The maximum absolute atomic E-state index is 12.5. The molecule has 2 aromatic carbocycles. The van der Waals surface area contributed by atoms with Crippen LogP contribution in [-0.2, 0) is 26.0 Å². The minimum absolute atomic E-state index is 0.112. The number of anilines is 1. The molecular weight excluding hydrogens is 366 g/mol. The molecule has 0 fully saturated rings. The SMILES string of the molecule is CCCCc1ccc(NS(=O)(=O)c2ccc(OCC(=O)OCC)cc2)cc1. The lowest BCUT2D eigenvalue weighted by Crippen LogP contribution is -2.15. The van der Waals surface area contributed by atoms with Gasteiger partial charge in [0.15, 0.2) is 6.61 Å². The van der Waals surface area contributed by atoms with E-state index in [0.717, 1.165) is 19.3 Å². The van der Waals surface area contributed by atoms with Crippen molar-refractivity contribution >= 4 is 21.7 Å². The van der Waals surface area contributed by atoms with Crippen LogP contribution in [0.2, 0.25) is 0 Å². The maximum Gasteiger partial charge on any atom is 0.344 e. The second kappa shape index (κ2) is 9.97. The van der Waals surface area contributed by atoms with Gasteiger partial charge in [0.1, 0.15) is 5.75 Å². The highest BCUT2D eigenvalue weighted by Crippen LogP contribution is 2.20. The normalized spacial score (nSPS) is 11.0. The highest BCUT2D eigenvalue weighted by atomic mass is 32.2. The van der Waals surface area contributed by atoms with Crippen molar-refractivity contribution in [1.29, 1.82) is 0 Å². The van der Waals surface area contributed by atoms with E-state index in [-0.39, 0.29) is 18.1 Å². The summed E-state index contributed by atoms with van der Waals surface area (Å²) in [5, 5.41) is 0. The van der Waals surface area contributed by atoms with Crippen molar-refractivity contribution < 1.29 is 22.7 Å². The zero-order valence-corrected chi connectivity index (χ0v) is 16.4. The number of ether oxygens (including phenoxy) is 2. The van der Waals surface area contributed by atoms with Gasteiger partial charge < -0.3 is 9.47 Å². The molecule has 2 aromatic rings. The summed E-state index contributed by atoms with van der Waals surface area (Å²) in [5.74, 6) is -0.0828. The first-order valence-electron chi connectivity index (χ1n) is 8.95. The lowest BCUT2D eigenvalue weighted by Gasteiger charge is -2.10. The van der Waals surface area contributed by atoms with Crippen LogP contribution in [0.15, 0.2) is 53.4 Å². The Morgan fingerprint density at radius 2 is 1.67 bits per heavy atom. The van der Waals surface area contributed by atoms with Gasteiger partial charge in [-0.1, -0.05) is 25.5 Å². The summed E-state index contributed by atoms with van der Waals surface area (Å²) in [6, 6.07) is 13.2. The highest BCUT2D eigenvalue weighted by Gasteiger charge is 2.14. The largest absolute Gasteiger partial charge is 0.482 e. The van der Waals surface area contributed by atoms with Gasteiger partial charge in [-0.05, 0) is 61.7 Å². The molecule has 0 atom stereocenters. The van der Waals surface area contributed by atoms with Crippen LogP contribution in [0.1, 0.15) is 32.3 Å². The molecule has 7 heteroatoms. The van der Waals surface area contributed by atoms with Crippen molar-refractivity contribution in [2.75, 3.05) is 17.9 Å². The van der Waals surface area contributed by atoms with Crippen molar-refractivity contribution in [3.05, 3.63) is 54.1 Å². The molecule has 0 spiro atoms. The maximum atomic E-state index is 12.5. The summed E-state index contributed by atoms with van der Waals surface area (Å²) in [7, 11) is -3.70. The number of carbonyl (C=O) groups excluding carboxylic acids is 1. The smallest absolute Gasteiger partial charge is 0.344 e. The summed E-state index contributed by atoms with van der Waals surface area (Å²) in [4.78, 5) is 11.4. The monoisotopic (exact) mass is 391 g/mol. The number of nitrogens with one attached hydrogen (secondary N) is 1. The van der Waals surface area contributed by atoms with E-state index in [9.17, 15) is 13.2 Å². The topological polar surface area (TPSA) is 81.7 Å². The Morgan fingerprint density at radius 3 is 2.26 bits per heavy atom. The molecule has 0 heterocycles. The third-order valence-corrected chi connectivity index (χ3v) is 5.22. The molecule has 0 aliphatic carbocycles. The molecule has 6 nitrogen and oxygen atoms in total. The predicted octanol–water partition coefficient (Wildman–Crippen LogP) is 3.77. The average Bonchev–Trinajstić information content (AvgIpc) is 2.66. The molecule has 0 amide bonds. The van der Waals surface area contributed by atoms with Gasteiger partial charge in [0.25, 0.3) is 10.0 Å². The van der Waals surface area contributed by atoms with E-state index in [1.165, 1.54) is 29.8 Å². The quantitative estimate of drug-likeness (QED) is 0.624. The molecule has 27 heavy (non-hydrogen) atoms. The predicted molar refractivity (Wildman–Crippen MR) is 104 cm³/mol. The number of sulfonamides is 1. The standard InChI is InChI=1S/C20H25NO5S/c1-3-5-6-16-7-9-17(10-8-16)21-27(23,24)19-13-11-18(12-14-19)26-15-20(22)25-4-2/h7-14,21H,3-6,15H2,1-2H3. The van der Waals surface area contributed by atoms with Crippen LogP contribution in [0, 0.1) is 0 Å². The fraction of sp³-hybridized carbons (Fsp3) is 0.350. The van der Waals surface area contributed by atoms with Crippen molar-refractivity contribution in [2.24, 2.45) is 0 Å². The van der Waals surface area contributed by atoms with E-state index >= 15 is 0 Å². The van der Waals surface area contributed by atoms with E-state index < -0.39 is 16.0 Å². The summed E-state index contributed by atoms with van der Waals surface area (Å²) in [6.07, 6.45) is 3.21. The van der Waals surface area contributed by atoms with Crippen LogP contribution in [0.5, 0.6) is 5.75 Å². The Bertz CT molecular complexity index is 830. The van der Waals surface area contributed by atoms with Crippen molar-refractivity contribution in [3.63, 3.8) is 0 Å². The molecule has 0 radical (unpaired) electrons. The van der Waals surface area contributed by atoms with Gasteiger partial charge in [0.2, 0.25) is 0 Å². The molecule has 0 unspecified atom stereocenters. The first-order chi connectivity index (χ1) is 12.9. The lowest BCUT2D eigenvalue weighted by molar-refractivity contribution is -0.145. The third kappa shape index (κ3) is 6.60. The number of carbonyl (C=O) groups is 1. The highest BCUT2D eigenvalue weighted by molar-refractivity contribution is 7.92. The zero-order chi connectivity index (χ0) is 19.7. The van der Waals surface area contributed by atoms with Gasteiger partial charge in [0, 0.05) is 5.69 Å². The van der Waals surface area contributed by atoms with Gasteiger partial charge in [-0.2, -0.15) is 0 Å². The van der Waals surface area contributed by atoms with E-state index in [1.54, 1.807) is 19.1 Å². The van der Waals surface area contributed by atoms with E-state index in [0.29, 0.717) is 11.4 Å². The molecule has 0 aliphatic heterocycles. The minimum atomic E-state index is -3.70. The summed E-state index contributed by atoms with van der Waals surface area (Å²) in [6.45, 7) is 3.91. The molecule has 0 saturated carbocycles. The van der Waals surface area contributed by atoms with Gasteiger partial charge in [0.05, 0.1) is 11.5 Å². The lowest BCUT2D eigenvalue weighted by atomic mass is 10.1. The van der Waals surface area contributed by atoms with Crippen LogP contribution in [0.4, 0.5) is 5.69 Å². The summed E-state index contributed by atoms with van der Waals surface area (Å²) < 4.78 is 37.6. The van der Waals surface area contributed by atoms with E-state index in [2.05, 4.69) is 11.6 Å². The molecule has 2 rings (SSSR count). The molecule has 146 valence electrons. The second-order valence-corrected chi connectivity index (χ2v) is 7.65. The first-order valence-corrected chi connectivity index (χ1v) is 10.4. The van der Waals surface area contributed by atoms with Gasteiger partial charge >= 0.3 is 5.97 Å². The summed E-state index contributed by atoms with van der Waals surface area (Å²) in [5.41, 5.74) is 1.70. The molecule has 1 N–H and O–H groups in total. The summed E-state index contributed by atoms with van der Waals surface area (Å²) >= 11 is 0. The second-order valence-electron chi connectivity index (χ2n) is 5.97. The van der Waals surface area contributed by atoms with Gasteiger partial charge in [-0.15, -0.1) is 0 Å². The third-order valence-electron chi connectivity index (χ3n) is 3.82. The number of rotatable bonds is 10. The molecular formula is C20H25NO5S.